The van der Waals surface area contributed by atoms with Crippen LogP contribution in [0.25, 0.3) is 0 Å². The molecule has 0 amide bonds. The van der Waals surface area contributed by atoms with Crippen LogP contribution in [0, 0.1) is 35.0 Å². The first-order valence-electron chi connectivity index (χ1n) is 16.0. The molecule has 36 heavy (non-hydrogen) atoms. The van der Waals surface area contributed by atoms with Gasteiger partial charge in [-0.2, -0.15) is 0 Å². The molecule has 1 aliphatic heterocycles. The van der Waals surface area contributed by atoms with Gasteiger partial charge in [0.1, 0.15) is 0 Å². The van der Waals surface area contributed by atoms with E-state index in [-0.39, 0.29) is 6.04 Å². The Bertz CT molecular complexity index is 637. The van der Waals surface area contributed by atoms with Crippen LogP contribution in [0.2, 0.25) is 0 Å². The molecule has 1 aliphatic carbocycles. The summed E-state index contributed by atoms with van der Waals surface area (Å²) in [5, 5.41) is 0. The number of hydrogen-bond donors (Lipinski definition) is 1. The molecule has 3 nitrogen and oxygen atoms in total. The van der Waals surface area contributed by atoms with Crippen molar-refractivity contribution in [2.75, 3.05) is 33.2 Å². The number of hydrogen-bond acceptors (Lipinski definition) is 3. The van der Waals surface area contributed by atoms with Crippen LogP contribution < -0.4 is 5.73 Å². The zero-order valence-electron chi connectivity index (χ0n) is 26.0. The number of nitrogens with two attached hydrogens (primary N) is 1. The second kappa shape index (κ2) is 15.3. The van der Waals surface area contributed by atoms with Crippen LogP contribution >= 0.6 is 0 Å². The summed E-state index contributed by atoms with van der Waals surface area (Å²) in [5.41, 5.74) is 8.90. The Labute approximate surface area is 227 Å². The molecule has 2 rings (SSSR count). The van der Waals surface area contributed by atoms with E-state index in [1.54, 1.807) is 5.57 Å². The lowest BCUT2D eigenvalue weighted by atomic mass is 9.57. The second-order valence-electron chi connectivity index (χ2n) is 13.6. The second-order valence-corrected chi connectivity index (χ2v) is 13.6. The van der Waals surface area contributed by atoms with E-state index in [1.165, 1.54) is 90.4 Å². The molecule has 6 unspecified atom stereocenters. The van der Waals surface area contributed by atoms with Gasteiger partial charge in [-0.3, -0.25) is 0 Å². The topological polar surface area (TPSA) is 32.5 Å². The largest absolute Gasteiger partial charge is 0.324 e. The zero-order valence-corrected chi connectivity index (χ0v) is 26.0. The first-order chi connectivity index (χ1) is 17.1. The summed E-state index contributed by atoms with van der Waals surface area (Å²) in [6.07, 6.45) is 15.7. The Morgan fingerprint density at radius 1 is 1.08 bits per heavy atom. The van der Waals surface area contributed by atoms with Crippen molar-refractivity contribution in [1.82, 2.24) is 9.80 Å². The van der Waals surface area contributed by atoms with Gasteiger partial charge in [-0.15, -0.1) is 0 Å². The van der Waals surface area contributed by atoms with E-state index in [1.807, 2.05) is 0 Å². The monoisotopic (exact) mass is 504 g/mol. The highest BCUT2D eigenvalue weighted by molar-refractivity contribution is 5.20. The summed E-state index contributed by atoms with van der Waals surface area (Å²) in [6, 6.07) is 0.808. The number of likely N-dealkylation sites (tertiary alicyclic amines) is 1. The Kier molecular flexibility index (Phi) is 13.5. The van der Waals surface area contributed by atoms with Crippen molar-refractivity contribution >= 4 is 0 Å². The molecule has 1 saturated heterocycles. The molecular formula is C33H65N3. The lowest BCUT2D eigenvalue weighted by Gasteiger charge is -2.51. The molecule has 0 radical (unpaired) electrons. The molecule has 0 bridgehead atoms. The lowest BCUT2D eigenvalue weighted by molar-refractivity contribution is 0.0139. The highest BCUT2D eigenvalue weighted by Crippen LogP contribution is 2.51. The number of nitrogens with zero attached hydrogens (tertiary/aromatic N) is 2. The van der Waals surface area contributed by atoms with Crippen molar-refractivity contribution in [3.8, 4) is 0 Å². The molecule has 1 fully saturated rings. The SMILES string of the molecule is CCCCN1CC(CCC(C)C2=CC(N)CC(C(CCCC)(CC(C)CC)CN(C)C(C)C)C2C)C1. The smallest absolute Gasteiger partial charge is 0.0229 e. The van der Waals surface area contributed by atoms with Crippen LogP contribution in [0.5, 0.6) is 0 Å². The number of unbranched alkanes of at least 4 members (excludes halogenated alkanes) is 2. The Balaban J connectivity index is 2.18. The minimum atomic E-state index is 0.221. The first kappa shape index (κ1) is 31.8. The normalized spacial score (nSPS) is 27.1. The quantitative estimate of drug-likeness (QED) is 0.204. The fraction of sp³-hybridized carbons (Fsp3) is 0.939. The van der Waals surface area contributed by atoms with Gasteiger partial charge in [-0.25, -0.2) is 0 Å². The van der Waals surface area contributed by atoms with Gasteiger partial charge in [-0.05, 0) is 101 Å². The van der Waals surface area contributed by atoms with E-state index in [4.69, 9.17) is 5.73 Å². The maximum absolute atomic E-state index is 6.86. The van der Waals surface area contributed by atoms with Gasteiger partial charge in [-0.1, -0.05) is 78.9 Å². The summed E-state index contributed by atoms with van der Waals surface area (Å²) >= 11 is 0. The molecule has 0 aromatic carbocycles. The Hall–Kier alpha value is -0.380. The molecule has 3 heteroatoms. The molecule has 6 atom stereocenters. The molecule has 0 spiro atoms. The Morgan fingerprint density at radius 2 is 1.75 bits per heavy atom. The fourth-order valence-corrected chi connectivity index (χ4v) is 7.41. The molecule has 212 valence electrons. The standard InChI is InChI=1S/C33H65N3/c1-10-13-17-33(21-26(6)12-3,24-35(9)25(4)5)32-20-30(34)19-31(28(32)8)27(7)15-16-29-22-36(23-29)18-14-11-2/h19,25-30,32H,10-18,20-24,34H2,1-9H3. The van der Waals surface area contributed by atoms with Gasteiger partial charge < -0.3 is 15.5 Å². The van der Waals surface area contributed by atoms with Gasteiger partial charge in [0, 0.05) is 31.7 Å². The van der Waals surface area contributed by atoms with Crippen LogP contribution in [-0.4, -0.2) is 55.1 Å². The number of allylic oxidation sites excluding steroid dienone is 1. The summed E-state index contributed by atoms with van der Waals surface area (Å²) in [5.74, 6) is 3.68. The van der Waals surface area contributed by atoms with Crippen molar-refractivity contribution in [1.29, 1.82) is 0 Å². The van der Waals surface area contributed by atoms with Crippen molar-refractivity contribution in [3.63, 3.8) is 0 Å². The van der Waals surface area contributed by atoms with Gasteiger partial charge >= 0.3 is 0 Å². The van der Waals surface area contributed by atoms with E-state index in [2.05, 4.69) is 78.3 Å². The lowest BCUT2D eigenvalue weighted by Crippen LogP contribution is -2.50. The van der Waals surface area contributed by atoms with Crippen molar-refractivity contribution in [3.05, 3.63) is 11.6 Å². The van der Waals surface area contributed by atoms with E-state index in [0.717, 1.165) is 11.8 Å². The summed E-state index contributed by atoms with van der Waals surface area (Å²) in [7, 11) is 2.36. The van der Waals surface area contributed by atoms with E-state index in [0.29, 0.717) is 29.2 Å². The average Bonchev–Trinajstić information content (AvgIpc) is 2.81. The molecule has 0 aromatic rings. The van der Waals surface area contributed by atoms with Gasteiger partial charge in [0.05, 0.1) is 0 Å². The van der Waals surface area contributed by atoms with Crippen LogP contribution in [0.15, 0.2) is 11.6 Å². The van der Waals surface area contributed by atoms with Gasteiger partial charge in [0.15, 0.2) is 0 Å². The predicted octanol–water partition coefficient (Wildman–Crippen LogP) is 8.00. The molecule has 2 aliphatic rings. The maximum Gasteiger partial charge on any atom is 0.0229 e. The number of rotatable bonds is 17. The maximum atomic E-state index is 6.86. The molecule has 2 N–H and O–H groups in total. The van der Waals surface area contributed by atoms with Crippen molar-refractivity contribution < 1.29 is 0 Å². The van der Waals surface area contributed by atoms with E-state index in [9.17, 15) is 0 Å². The highest BCUT2D eigenvalue weighted by Gasteiger charge is 2.46. The average molecular weight is 504 g/mol. The van der Waals surface area contributed by atoms with Crippen LogP contribution in [0.3, 0.4) is 0 Å². The predicted molar refractivity (Wildman–Crippen MR) is 160 cm³/mol. The first-order valence-corrected chi connectivity index (χ1v) is 16.0. The third kappa shape index (κ3) is 8.84. The van der Waals surface area contributed by atoms with Gasteiger partial charge in [0.25, 0.3) is 0 Å². The van der Waals surface area contributed by atoms with E-state index < -0.39 is 0 Å². The third-order valence-corrected chi connectivity index (χ3v) is 10.2. The molecule has 0 aromatic heterocycles. The molecule has 1 heterocycles. The van der Waals surface area contributed by atoms with Crippen molar-refractivity contribution in [2.24, 2.45) is 40.7 Å². The minimum Gasteiger partial charge on any atom is -0.324 e. The summed E-state index contributed by atoms with van der Waals surface area (Å²) < 4.78 is 0. The molecule has 0 saturated carbocycles. The minimum absolute atomic E-state index is 0.221. The van der Waals surface area contributed by atoms with E-state index >= 15 is 0 Å². The van der Waals surface area contributed by atoms with Crippen molar-refractivity contribution in [2.45, 2.75) is 132 Å². The fourth-order valence-electron chi connectivity index (χ4n) is 7.41. The van der Waals surface area contributed by atoms with Gasteiger partial charge in [0.2, 0.25) is 0 Å². The third-order valence-electron chi connectivity index (χ3n) is 10.2. The summed E-state index contributed by atoms with van der Waals surface area (Å²) in [6.45, 7) is 24.5. The van der Waals surface area contributed by atoms with Crippen LogP contribution in [-0.2, 0) is 0 Å². The summed E-state index contributed by atoms with van der Waals surface area (Å²) in [4.78, 5) is 5.30. The van der Waals surface area contributed by atoms with Crippen LogP contribution in [0.4, 0.5) is 0 Å². The molecular weight excluding hydrogens is 438 g/mol. The highest BCUT2D eigenvalue weighted by atomic mass is 15.2. The van der Waals surface area contributed by atoms with Crippen LogP contribution in [0.1, 0.15) is 120 Å². The zero-order chi connectivity index (χ0) is 26.9. The Morgan fingerprint density at radius 3 is 2.33 bits per heavy atom.